The van der Waals surface area contributed by atoms with E-state index in [0.717, 1.165) is 17.9 Å². The number of hydrogen-bond acceptors (Lipinski definition) is 6. The Balaban J connectivity index is 1.45. The van der Waals surface area contributed by atoms with Gasteiger partial charge in [0.15, 0.2) is 0 Å². The number of oxime groups is 1. The van der Waals surface area contributed by atoms with E-state index in [4.69, 9.17) is 21.2 Å². The van der Waals surface area contributed by atoms with Crippen molar-refractivity contribution in [3.8, 4) is 11.5 Å². The van der Waals surface area contributed by atoms with Crippen LogP contribution < -0.4 is 9.64 Å². The van der Waals surface area contributed by atoms with E-state index in [9.17, 15) is 9.90 Å². The zero-order valence-corrected chi connectivity index (χ0v) is 21.5. The third-order valence-corrected chi connectivity index (χ3v) is 6.47. The average Bonchev–Trinajstić information content (AvgIpc) is 3.76. The molecule has 0 spiro atoms. The molecule has 0 atom stereocenters. The Morgan fingerprint density at radius 1 is 1.03 bits per heavy atom. The Bertz CT molecular complexity index is 1440. The van der Waals surface area contributed by atoms with Crippen molar-refractivity contribution in [1.82, 2.24) is 4.98 Å². The summed E-state index contributed by atoms with van der Waals surface area (Å²) in [4.78, 5) is 24.1. The van der Waals surface area contributed by atoms with Gasteiger partial charge < -0.3 is 19.6 Å². The highest BCUT2D eigenvalue weighted by atomic mass is 35.5. The van der Waals surface area contributed by atoms with E-state index in [1.807, 2.05) is 54.6 Å². The number of anilines is 2. The number of ether oxygens (including phenoxy) is 1. The number of hydrogen-bond donors (Lipinski definition) is 1. The molecule has 0 amide bonds. The van der Waals surface area contributed by atoms with Gasteiger partial charge in [-0.3, -0.25) is 4.98 Å². The van der Waals surface area contributed by atoms with Crippen molar-refractivity contribution in [2.75, 3.05) is 18.6 Å². The van der Waals surface area contributed by atoms with Crippen LogP contribution in [-0.4, -0.2) is 35.4 Å². The highest BCUT2D eigenvalue weighted by molar-refractivity contribution is 6.30. The summed E-state index contributed by atoms with van der Waals surface area (Å²) in [6.45, 7) is 0.895. The molecule has 1 heterocycles. The Kier molecular flexibility index (Phi) is 7.56. The molecule has 7 nitrogen and oxygen atoms in total. The van der Waals surface area contributed by atoms with Gasteiger partial charge in [0.2, 0.25) is 0 Å². The highest BCUT2D eigenvalue weighted by Crippen LogP contribution is 2.35. The van der Waals surface area contributed by atoms with Gasteiger partial charge in [0.25, 0.3) is 0 Å². The van der Waals surface area contributed by atoms with E-state index < -0.39 is 5.97 Å². The normalized spacial score (nSPS) is 13.2. The summed E-state index contributed by atoms with van der Waals surface area (Å²) in [7, 11) is 1.44. The Morgan fingerprint density at radius 3 is 2.39 bits per heavy atom. The molecule has 1 saturated carbocycles. The average molecular weight is 528 g/mol. The summed E-state index contributed by atoms with van der Waals surface area (Å²) >= 11 is 6.10. The van der Waals surface area contributed by atoms with Gasteiger partial charge in [0.05, 0.1) is 17.6 Å². The van der Waals surface area contributed by atoms with Crippen molar-refractivity contribution < 1.29 is 19.5 Å². The second kappa shape index (κ2) is 11.4. The van der Waals surface area contributed by atoms with Gasteiger partial charge in [-0.25, -0.2) is 4.79 Å². The molecule has 1 N–H and O–H groups in total. The zero-order chi connectivity index (χ0) is 26.5. The summed E-state index contributed by atoms with van der Waals surface area (Å²) in [5, 5.41) is 14.7. The zero-order valence-electron chi connectivity index (χ0n) is 20.8. The highest BCUT2D eigenvalue weighted by Gasteiger charge is 2.26. The van der Waals surface area contributed by atoms with Crippen LogP contribution in [0, 0.1) is 5.92 Å². The summed E-state index contributed by atoms with van der Waals surface area (Å²) in [5.74, 6) is 0.312. The van der Waals surface area contributed by atoms with Gasteiger partial charge in [-0.1, -0.05) is 35.0 Å². The van der Waals surface area contributed by atoms with Crippen LogP contribution in [0.1, 0.15) is 34.5 Å². The minimum atomic E-state index is -1.11. The molecule has 3 aromatic carbocycles. The molecule has 0 saturated heterocycles. The molecule has 4 aromatic rings. The summed E-state index contributed by atoms with van der Waals surface area (Å²) in [6, 6.07) is 25.5. The lowest BCUT2D eigenvalue weighted by Gasteiger charge is -2.25. The first-order valence-corrected chi connectivity index (χ1v) is 12.6. The van der Waals surface area contributed by atoms with E-state index in [2.05, 4.69) is 15.0 Å². The number of carbonyl (C=O) groups is 1. The summed E-state index contributed by atoms with van der Waals surface area (Å²) < 4.78 is 5.82. The standard InChI is InChI=1S/C30H26ClN3O4/c1-37-33-29(21-9-16-28(26(17-21)30(35)36)38-25-5-3-2-4-6-25)27-15-14-24(18-32-27)34(19-20-7-8-20)23-12-10-22(31)11-13-23/h2-6,9-18,20H,7-8,19H2,1H3,(H,35,36). The fraction of sp³-hybridized carbons (Fsp3) is 0.167. The maximum atomic E-state index is 12.1. The molecular weight excluding hydrogens is 502 g/mol. The van der Waals surface area contributed by atoms with Gasteiger partial charge in [-0.05, 0) is 85.5 Å². The van der Waals surface area contributed by atoms with Crippen molar-refractivity contribution >= 4 is 34.7 Å². The van der Waals surface area contributed by atoms with Crippen molar-refractivity contribution in [2.45, 2.75) is 12.8 Å². The predicted molar refractivity (Wildman–Crippen MR) is 148 cm³/mol. The largest absolute Gasteiger partial charge is 0.478 e. The molecule has 1 aliphatic carbocycles. The van der Waals surface area contributed by atoms with Crippen molar-refractivity contribution in [1.29, 1.82) is 0 Å². The number of rotatable bonds is 10. The number of aromatic carboxylic acids is 1. The molecular formula is C30H26ClN3O4. The molecule has 0 unspecified atom stereocenters. The van der Waals surface area contributed by atoms with E-state index in [0.29, 0.717) is 33.7 Å². The van der Waals surface area contributed by atoms with Crippen LogP contribution in [0.15, 0.2) is 96.3 Å². The minimum Gasteiger partial charge on any atom is -0.478 e. The SMILES string of the molecule is CON=C(c1ccc(Oc2ccccc2)c(C(=O)O)c1)c1ccc(N(CC2CC2)c2ccc(Cl)cc2)cn1. The first-order valence-electron chi connectivity index (χ1n) is 12.2. The third kappa shape index (κ3) is 5.95. The molecule has 5 rings (SSSR count). The van der Waals surface area contributed by atoms with Gasteiger partial charge in [0.1, 0.15) is 29.9 Å². The smallest absolute Gasteiger partial charge is 0.339 e. The topological polar surface area (TPSA) is 84.2 Å². The second-order valence-electron chi connectivity index (χ2n) is 8.99. The van der Waals surface area contributed by atoms with Crippen molar-refractivity contribution in [2.24, 2.45) is 11.1 Å². The first kappa shape index (κ1) is 25.3. The predicted octanol–water partition coefficient (Wildman–Crippen LogP) is 7.17. The molecule has 1 aliphatic rings. The maximum absolute atomic E-state index is 12.1. The number of nitrogens with zero attached hydrogens (tertiary/aromatic N) is 3. The van der Waals surface area contributed by atoms with Gasteiger partial charge in [-0.2, -0.15) is 0 Å². The fourth-order valence-electron chi connectivity index (χ4n) is 4.11. The van der Waals surface area contributed by atoms with Gasteiger partial charge in [-0.15, -0.1) is 0 Å². The molecule has 192 valence electrons. The number of halogens is 1. The number of aromatic nitrogens is 1. The lowest BCUT2D eigenvalue weighted by atomic mass is 10.0. The van der Waals surface area contributed by atoms with Crippen molar-refractivity contribution in [3.63, 3.8) is 0 Å². The Hall–Kier alpha value is -4.36. The van der Waals surface area contributed by atoms with Crippen LogP contribution in [0.3, 0.4) is 0 Å². The van der Waals surface area contributed by atoms with Crippen LogP contribution in [0.25, 0.3) is 0 Å². The van der Waals surface area contributed by atoms with Crippen LogP contribution in [0.4, 0.5) is 11.4 Å². The van der Waals surface area contributed by atoms with Crippen LogP contribution in [0.2, 0.25) is 5.02 Å². The number of carboxylic acids is 1. The molecule has 0 bridgehead atoms. The minimum absolute atomic E-state index is 0.00474. The monoisotopic (exact) mass is 527 g/mol. The van der Waals surface area contributed by atoms with Gasteiger partial charge >= 0.3 is 5.97 Å². The molecule has 8 heteroatoms. The third-order valence-electron chi connectivity index (χ3n) is 6.22. The van der Waals surface area contributed by atoms with E-state index in [-0.39, 0.29) is 11.3 Å². The van der Waals surface area contributed by atoms with E-state index in [1.165, 1.54) is 26.0 Å². The first-order chi connectivity index (χ1) is 18.5. The van der Waals surface area contributed by atoms with E-state index in [1.54, 1.807) is 30.5 Å². The fourth-order valence-corrected chi connectivity index (χ4v) is 4.24. The number of pyridine rings is 1. The molecule has 0 aliphatic heterocycles. The van der Waals surface area contributed by atoms with Crippen molar-refractivity contribution in [3.05, 3.63) is 113 Å². The van der Waals surface area contributed by atoms with Gasteiger partial charge in [0, 0.05) is 22.8 Å². The Morgan fingerprint density at radius 2 is 1.76 bits per heavy atom. The number of carboxylic acid groups (broad SMARTS) is 1. The van der Waals surface area contributed by atoms with E-state index >= 15 is 0 Å². The quantitative estimate of drug-likeness (QED) is 0.174. The van der Waals surface area contributed by atoms with Crippen LogP contribution in [-0.2, 0) is 4.84 Å². The number of para-hydroxylation sites is 1. The molecule has 1 fully saturated rings. The summed E-state index contributed by atoms with van der Waals surface area (Å²) in [5.41, 5.74) is 3.49. The molecule has 0 radical (unpaired) electrons. The number of benzene rings is 3. The lowest BCUT2D eigenvalue weighted by Crippen LogP contribution is -2.20. The van der Waals surface area contributed by atoms with Crippen LogP contribution >= 0.6 is 11.6 Å². The molecule has 1 aromatic heterocycles. The summed E-state index contributed by atoms with van der Waals surface area (Å²) in [6.07, 6.45) is 4.23. The maximum Gasteiger partial charge on any atom is 0.339 e. The lowest BCUT2D eigenvalue weighted by molar-refractivity contribution is 0.0694. The molecule has 38 heavy (non-hydrogen) atoms. The Labute approximate surface area is 225 Å². The van der Waals surface area contributed by atoms with Crippen LogP contribution in [0.5, 0.6) is 11.5 Å². The second-order valence-corrected chi connectivity index (χ2v) is 9.42.